The standard InChI is InChI=1S/C15H18N4O2/c20-14-9-17-7-12(14)8-18-15(21)11-1-3-13(4-2-11)19-6-5-16-10-19/h1-6,10,12,14,17,20H,7-9H2,(H,18,21). The predicted molar refractivity (Wildman–Crippen MR) is 78.3 cm³/mol. The Labute approximate surface area is 122 Å². The molecule has 3 N–H and O–H groups in total. The number of carbonyl (C=O) groups is 1. The van der Waals surface area contributed by atoms with Gasteiger partial charge in [-0.3, -0.25) is 4.79 Å². The van der Waals surface area contributed by atoms with Crippen molar-refractivity contribution >= 4 is 5.91 Å². The number of amides is 1. The van der Waals surface area contributed by atoms with Gasteiger partial charge in [-0.2, -0.15) is 0 Å². The number of nitrogens with one attached hydrogen (secondary N) is 2. The fraction of sp³-hybridized carbons (Fsp3) is 0.333. The Balaban J connectivity index is 1.60. The van der Waals surface area contributed by atoms with Gasteiger partial charge in [0.25, 0.3) is 5.91 Å². The highest BCUT2D eigenvalue weighted by atomic mass is 16.3. The van der Waals surface area contributed by atoms with E-state index in [9.17, 15) is 9.90 Å². The van der Waals surface area contributed by atoms with Gasteiger partial charge in [0.2, 0.25) is 0 Å². The van der Waals surface area contributed by atoms with Gasteiger partial charge in [0, 0.05) is 49.2 Å². The zero-order chi connectivity index (χ0) is 14.7. The molecule has 1 aromatic heterocycles. The van der Waals surface area contributed by atoms with E-state index in [1.54, 1.807) is 24.7 Å². The molecule has 2 heterocycles. The van der Waals surface area contributed by atoms with E-state index in [4.69, 9.17) is 0 Å². The monoisotopic (exact) mass is 286 g/mol. The topological polar surface area (TPSA) is 79.2 Å². The molecule has 1 amide bonds. The Morgan fingerprint density at radius 1 is 1.38 bits per heavy atom. The van der Waals surface area contributed by atoms with Crippen LogP contribution in [0, 0.1) is 5.92 Å². The fourth-order valence-electron chi connectivity index (χ4n) is 2.45. The number of carbonyl (C=O) groups excluding carboxylic acids is 1. The van der Waals surface area contributed by atoms with E-state index in [1.807, 2.05) is 22.9 Å². The summed E-state index contributed by atoms with van der Waals surface area (Å²) in [6.07, 6.45) is 4.89. The molecule has 6 nitrogen and oxygen atoms in total. The van der Waals surface area contributed by atoms with E-state index in [1.165, 1.54) is 0 Å². The molecule has 2 unspecified atom stereocenters. The van der Waals surface area contributed by atoms with Crippen LogP contribution < -0.4 is 10.6 Å². The minimum absolute atomic E-state index is 0.0826. The van der Waals surface area contributed by atoms with Crippen molar-refractivity contribution < 1.29 is 9.90 Å². The zero-order valence-electron chi connectivity index (χ0n) is 11.6. The summed E-state index contributed by atoms with van der Waals surface area (Å²) in [7, 11) is 0. The van der Waals surface area contributed by atoms with Crippen molar-refractivity contribution in [2.24, 2.45) is 5.92 Å². The number of hydrogen-bond acceptors (Lipinski definition) is 4. The van der Waals surface area contributed by atoms with E-state index in [0.29, 0.717) is 18.7 Å². The van der Waals surface area contributed by atoms with Gasteiger partial charge < -0.3 is 20.3 Å². The number of nitrogens with zero attached hydrogens (tertiary/aromatic N) is 2. The molecule has 1 aromatic carbocycles. The lowest BCUT2D eigenvalue weighted by molar-refractivity contribution is 0.0927. The third-order valence-electron chi connectivity index (χ3n) is 3.76. The molecule has 2 aromatic rings. The number of aromatic nitrogens is 2. The van der Waals surface area contributed by atoms with E-state index in [0.717, 1.165) is 12.2 Å². The van der Waals surface area contributed by atoms with Crippen LogP contribution in [0.25, 0.3) is 5.69 Å². The molecular weight excluding hydrogens is 268 g/mol. The Morgan fingerprint density at radius 2 is 2.19 bits per heavy atom. The van der Waals surface area contributed by atoms with Gasteiger partial charge in [-0.1, -0.05) is 0 Å². The molecule has 1 aliphatic rings. The van der Waals surface area contributed by atoms with Crippen LogP contribution in [0.2, 0.25) is 0 Å². The van der Waals surface area contributed by atoms with Crippen LogP contribution >= 0.6 is 0 Å². The number of aliphatic hydroxyl groups excluding tert-OH is 1. The summed E-state index contributed by atoms with van der Waals surface area (Å²) in [5, 5.41) is 15.7. The first-order valence-electron chi connectivity index (χ1n) is 6.99. The van der Waals surface area contributed by atoms with Gasteiger partial charge in [-0.25, -0.2) is 4.98 Å². The van der Waals surface area contributed by atoms with Crippen LogP contribution in [0.4, 0.5) is 0 Å². The number of β-amino-alcohol motifs (C(OH)–C–C–N with tert-alkyl or cyclic N) is 1. The molecule has 0 bridgehead atoms. The van der Waals surface area contributed by atoms with E-state index in [2.05, 4.69) is 15.6 Å². The highest BCUT2D eigenvalue weighted by Gasteiger charge is 2.25. The summed E-state index contributed by atoms with van der Waals surface area (Å²) in [5.41, 5.74) is 1.57. The fourth-order valence-corrected chi connectivity index (χ4v) is 2.45. The SMILES string of the molecule is O=C(NCC1CNCC1O)c1ccc(-n2ccnc2)cc1. The van der Waals surface area contributed by atoms with Crippen LogP contribution in [0.5, 0.6) is 0 Å². The predicted octanol–water partition coefficient (Wildman–Crippen LogP) is 0.182. The third-order valence-corrected chi connectivity index (χ3v) is 3.76. The molecular formula is C15H18N4O2. The van der Waals surface area contributed by atoms with Crippen molar-refractivity contribution in [3.63, 3.8) is 0 Å². The van der Waals surface area contributed by atoms with Crippen LogP contribution in [-0.4, -0.2) is 46.3 Å². The molecule has 21 heavy (non-hydrogen) atoms. The first-order valence-corrected chi connectivity index (χ1v) is 6.99. The molecule has 0 radical (unpaired) electrons. The molecule has 3 rings (SSSR count). The van der Waals surface area contributed by atoms with Gasteiger partial charge in [0.05, 0.1) is 12.4 Å². The Bertz CT molecular complexity index is 595. The smallest absolute Gasteiger partial charge is 0.251 e. The maximum absolute atomic E-state index is 12.1. The second kappa shape index (κ2) is 6.07. The van der Waals surface area contributed by atoms with Gasteiger partial charge in [-0.15, -0.1) is 0 Å². The van der Waals surface area contributed by atoms with E-state index in [-0.39, 0.29) is 17.9 Å². The quantitative estimate of drug-likeness (QED) is 0.749. The molecule has 0 spiro atoms. The molecule has 2 atom stereocenters. The van der Waals surface area contributed by atoms with Crippen molar-refractivity contribution in [1.29, 1.82) is 0 Å². The largest absolute Gasteiger partial charge is 0.391 e. The Hall–Kier alpha value is -2.18. The molecule has 0 saturated carbocycles. The van der Waals surface area contributed by atoms with Crippen LogP contribution in [0.1, 0.15) is 10.4 Å². The van der Waals surface area contributed by atoms with Gasteiger partial charge >= 0.3 is 0 Å². The maximum atomic E-state index is 12.1. The number of aliphatic hydroxyl groups is 1. The average Bonchev–Trinajstić information content (AvgIpc) is 3.17. The van der Waals surface area contributed by atoms with E-state index >= 15 is 0 Å². The number of hydrogen-bond donors (Lipinski definition) is 3. The second-order valence-corrected chi connectivity index (χ2v) is 5.21. The van der Waals surface area contributed by atoms with Crippen molar-refractivity contribution in [3.8, 4) is 5.69 Å². The molecule has 1 saturated heterocycles. The maximum Gasteiger partial charge on any atom is 0.251 e. The van der Waals surface area contributed by atoms with Crippen LogP contribution in [0.3, 0.4) is 0 Å². The molecule has 0 aliphatic carbocycles. The molecule has 110 valence electrons. The number of rotatable bonds is 4. The summed E-state index contributed by atoms with van der Waals surface area (Å²) in [4.78, 5) is 16.1. The normalized spacial score (nSPS) is 21.4. The molecule has 6 heteroatoms. The summed E-state index contributed by atoms with van der Waals surface area (Å²) >= 11 is 0. The summed E-state index contributed by atoms with van der Waals surface area (Å²) < 4.78 is 1.88. The number of imidazole rings is 1. The Kier molecular flexibility index (Phi) is 3.98. The lowest BCUT2D eigenvalue weighted by atomic mass is 10.1. The number of benzene rings is 1. The lowest BCUT2D eigenvalue weighted by Crippen LogP contribution is -2.34. The summed E-state index contributed by atoms with van der Waals surface area (Å²) in [6, 6.07) is 7.33. The second-order valence-electron chi connectivity index (χ2n) is 5.21. The summed E-state index contributed by atoms with van der Waals surface area (Å²) in [5.74, 6) is -0.0366. The zero-order valence-corrected chi connectivity index (χ0v) is 11.6. The lowest BCUT2D eigenvalue weighted by Gasteiger charge is -2.14. The van der Waals surface area contributed by atoms with Gasteiger partial charge in [-0.05, 0) is 24.3 Å². The van der Waals surface area contributed by atoms with Gasteiger partial charge in [0.1, 0.15) is 0 Å². The molecule has 1 aliphatic heterocycles. The highest BCUT2D eigenvalue weighted by molar-refractivity contribution is 5.94. The van der Waals surface area contributed by atoms with E-state index < -0.39 is 0 Å². The third kappa shape index (κ3) is 3.12. The minimum Gasteiger partial charge on any atom is -0.391 e. The van der Waals surface area contributed by atoms with Crippen LogP contribution in [-0.2, 0) is 0 Å². The van der Waals surface area contributed by atoms with Crippen molar-refractivity contribution in [1.82, 2.24) is 20.2 Å². The highest BCUT2D eigenvalue weighted by Crippen LogP contribution is 2.10. The van der Waals surface area contributed by atoms with Crippen molar-refractivity contribution in [3.05, 3.63) is 48.5 Å². The first kappa shape index (κ1) is 13.8. The average molecular weight is 286 g/mol. The summed E-state index contributed by atoms with van der Waals surface area (Å²) in [6.45, 7) is 1.82. The Morgan fingerprint density at radius 3 is 2.81 bits per heavy atom. The van der Waals surface area contributed by atoms with Crippen molar-refractivity contribution in [2.75, 3.05) is 19.6 Å². The van der Waals surface area contributed by atoms with Gasteiger partial charge in [0.15, 0.2) is 0 Å². The van der Waals surface area contributed by atoms with Crippen LogP contribution in [0.15, 0.2) is 43.0 Å². The van der Waals surface area contributed by atoms with Crippen molar-refractivity contribution in [2.45, 2.75) is 6.10 Å². The minimum atomic E-state index is -0.381. The molecule has 1 fully saturated rings. The first-order chi connectivity index (χ1) is 10.2.